The molecule has 2 atom stereocenters. The Kier molecular flexibility index (Phi) is 2.83. The third kappa shape index (κ3) is 2.65. The molecule has 0 fully saturated rings. The van der Waals surface area contributed by atoms with Crippen LogP contribution in [-0.4, -0.2) is 21.5 Å². The van der Waals surface area contributed by atoms with Crippen molar-refractivity contribution in [3.8, 4) is 0 Å². The van der Waals surface area contributed by atoms with Crippen LogP contribution in [0.1, 0.15) is 20.8 Å². The van der Waals surface area contributed by atoms with Gasteiger partial charge in [-0.3, -0.25) is 9.00 Å². The molecular weight excluding hydrogens is 200 g/mol. The van der Waals surface area contributed by atoms with Crippen molar-refractivity contribution >= 4 is 16.7 Å². The molecule has 0 saturated carbocycles. The van der Waals surface area contributed by atoms with E-state index in [1.54, 1.807) is 26.8 Å². The van der Waals surface area contributed by atoms with Gasteiger partial charge in [-0.25, -0.2) is 0 Å². The highest BCUT2D eigenvalue weighted by Crippen LogP contribution is 2.17. The first-order chi connectivity index (χ1) is 6.23. The fourth-order valence-electron chi connectivity index (χ4n) is 1.01. The zero-order chi connectivity index (χ0) is 11.0. The summed E-state index contributed by atoms with van der Waals surface area (Å²) in [6, 6.07) is 0. The molecule has 80 valence electrons. The molecule has 1 rings (SSSR count). The van der Waals surface area contributed by atoms with Crippen LogP contribution in [0.4, 0.5) is 0 Å². The molecule has 0 spiro atoms. The van der Waals surface area contributed by atoms with Crippen LogP contribution in [0.3, 0.4) is 0 Å². The molecule has 4 nitrogen and oxygen atoms in total. The first-order valence-electron chi connectivity index (χ1n) is 4.41. The third-order valence-corrected chi connectivity index (χ3v) is 3.13. The molecule has 0 aromatic rings. The van der Waals surface area contributed by atoms with E-state index in [1.807, 2.05) is 0 Å². The first kappa shape index (κ1) is 11.4. The Labute approximate surface area is 86.4 Å². The van der Waals surface area contributed by atoms with Crippen LogP contribution in [0.5, 0.6) is 0 Å². The Morgan fingerprint density at radius 1 is 1.57 bits per heavy atom. The second-order valence-electron chi connectivity index (χ2n) is 4.57. The van der Waals surface area contributed by atoms with Crippen LogP contribution in [-0.2, 0) is 15.6 Å². The number of nitrogens with one attached hydrogen (secondary N) is 1. The molecule has 2 unspecified atom stereocenters. The lowest BCUT2D eigenvalue weighted by atomic mass is 9.95. The number of hydrogen-bond acceptors (Lipinski definition) is 3. The van der Waals surface area contributed by atoms with Crippen molar-refractivity contribution in [2.75, 3.05) is 5.75 Å². The van der Waals surface area contributed by atoms with Gasteiger partial charge in [0.15, 0.2) is 0 Å². The van der Waals surface area contributed by atoms with Crippen molar-refractivity contribution < 1.29 is 9.00 Å². The van der Waals surface area contributed by atoms with Crippen LogP contribution < -0.4 is 11.1 Å². The first-order valence-corrected chi connectivity index (χ1v) is 5.79. The minimum atomic E-state index is -1.06. The van der Waals surface area contributed by atoms with E-state index in [4.69, 9.17) is 5.73 Å². The maximum Gasteiger partial charge on any atom is 0.227 e. The number of amides is 1. The maximum absolute atomic E-state index is 11.6. The fourth-order valence-corrected chi connectivity index (χ4v) is 2.14. The van der Waals surface area contributed by atoms with E-state index in [9.17, 15) is 9.00 Å². The predicted molar refractivity (Wildman–Crippen MR) is 56.7 cm³/mol. The maximum atomic E-state index is 11.6. The van der Waals surface area contributed by atoms with E-state index in [2.05, 4.69) is 5.32 Å². The quantitative estimate of drug-likeness (QED) is 0.610. The zero-order valence-electron chi connectivity index (χ0n) is 8.66. The summed E-state index contributed by atoms with van der Waals surface area (Å²) in [5.74, 6) is 0.123. The minimum Gasteiger partial charge on any atom is -0.333 e. The Bertz CT molecular complexity index is 306. The molecular formula is C9H16N2O2S. The van der Waals surface area contributed by atoms with Gasteiger partial charge in [0.05, 0.1) is 5.75 Å². The molecule has 3 N–H and O–H groups in total. The molecule has 0 radical (unpaired) electrons. The summed E-state index contributed by atoms with van der Waals surface area (Å²) in [5.41, 5.74) is 4.42. The van der Waals surface area contributed by atoms with E-state index in [0.717, 1.165) is 0 Å². The molecule has 1 aliphatic rings. The monoisotopic (exact) mass is 216 g/mol. The molecule has 0 aromatic carbocycles. The van der Waals surface area contributed by atoms with Crippen molar-refractivity contribution in [2.45, 2.75) is 26.4 Å². The highest BCUT2D eigenvalue weighted by atomic mass is 32.2. The molecule has 0 aliphatic carbocycles. The molecule has 5 heteroatoms. The molecule has 0 saturated heterocycles. The number of nitrogens with two attached hydrogens (primary N) is 1. The minimum absolute atomic E-state index is 0.136. The number of carbonyl (C=O) groups excluding carboxylic acids is 1. The SMILES string of the molecule is CC(C)(C)C(=O)NC1(N)C=CS(=O)C1. The Hall–Kier alpha value is -0.680. The third-order valence-electron chi connectivity index (χ3n) is 1.93. The molecule has 0 bridgehead atoms. The van der Waals surface area contributed by atoms with Crippen molar-refractivity contribution in [1.29, 1.82) is 0 Å². The summed E-state index contributed by atoms with van der Waals surface area (Å²) in [4.78, 5) is 11.6. The van der Waals surface area contributed by atoms with Crippen LogP contribution >= 0.6 is 0 Å². The lowest BCUT2D eigenvalue weighted by Crippen LogP contribution is -2.58. The Morgan fingerprint density at radius 3 is 2.50 bits per heavy atom. The van der Waals surface area contributed by atoms with E-state index in [0.29, 0.717) is 0 Å². The van der Waals surface area contributed by atoms with Crippen LogP contribution in [0.25, 0.3) is 0 Å². The van der Waals surface area contributed by atoms with E-state index >= 15 is 0 Å². The second-order valence-corrected chi connectivity index (χ2v) is 5.89. The summed E-state index contributed by atoms with van der Waals surface area (Å²) in [6.07, 6.45) is 1.59. The van der Waals surface area contributed by atoms with Crippen LogP contribution in [0, 0.1) is 5.41 Å². The zero-order valence-corrected chi connectivity index (χ0v) is 9.48. The van der Waals surface area contributed by atoms with E-state index < -0.39 is 21.9 Å². The van der Waals surface area contributed by atoms with Gasteiger partial charge < -0.3 is 11.1 Å². The summed E-state index contributed by atoms with van der Waals surface area (Å²) in [5, 5.41) is 4.20. The average molecular weight is 216 g/mol. The van der Waals surface area contributed by atoms with Crippen molar-refractivity contribution in [3.05, 3.63) is 11.5 Å². The summed E-state index contributed by atoms with van der Waals surface area (Å²) in [6.45, 7) is 5.42. The number of carbonyl (C=O) groups is 1. The summed E-state index contributed by atoms with van der Waals surface area (Å²) in [7, 11) is -1.06. The lowest BCUT2D eigenvalue weighted by molar-refractivity contribution is -0.129. The topological polar surface area (TPSA) is 72.2 Å². The standard InChI is InChI=1S/C9H16N2O2S/c1-8(2,3)7(12)11-9(10)4-5-14(13)6-9/h4-5H,6,10H2,1-3H3,(H,11,12). The molecule has 1 amide bonds. The fraction of sp³-hybridized carbons (Fsp3) is 0.667. The average Bonchev–Trinajstić information content (AvgIpc) is 2.28. The van der Waals surface area contributed by atoms with Gasteiger partial charge >= 0.3 is 0 Å². The van der Waals surface area contributed by atoms with Gasteiger partial charge in [-0.1, -0.05) is 20.8 Å². The van der Waals surface area contributed by atoms with E-state index in [-0.39, 0.29) is 11.7 Å². The van der Waals surface area contributed by atoms with Gasteiger partial charge in [-0.2, -0.15) is 0 Å². The highest BCUT2D eigenvalue weighted by molar-refractivity contribution is 7.88. The molecule has 1 heterocycles. The van der Waals surface area contributed by atoms with Crippen molar-refractivity contribution in [3.63, 3.8) is 0 Å². The molecule has 1 aliphatic heterocycles. The number of hydrogen-bond donors (Lipinski definition) is 2. The Morgan fingerprint density at radius 2 is 2.14 bits per heavy atom. The van der Waals surface area contributed by atoms with Crippen molar-refractivity contribution in [1.82, 2.24) is 5.32 Å². The lowest BCUT2D eigenvalue weighted by Gasteiger charge is -2.27. The van der Waals surface area contributed by atoms with Crippen LogP contribution in [0.2, 0.25) is 0 Å². The molecule has 14 heavy (non-hydrogen) atoms. The second kappa shape index (κ2) is 3.47. The van der Waals surface area contributed by atoms with Gasteiger partial charge in [0, 0.05) is 21.6 Å². The Balaban J connectivity index is 2.66. The smallest absolute Gasteiger partial charge is 0.227 e. The van der Waals surface area contributed by atoms with Gasteiger partial charge in [-0.05, 0) is 6.08 Å². The predicted octanol–water partition coefficient (Wildman–Crippen LogP) is 0.0797. The van der Waals surface area contributed by atoms with E-state index in [1.165, 1.54) is 5.41 Å². The summed E-state index contributed by atoms with van der Waals surface area (Å²) >= 11 is 0. The van der Waals surface area contributed by atoms with Crippen LogP contribution in [0.15, 0.2) is 11.5 Å². The number of rotatable bonds is 1. The van der Waals surface area contributed by atoms with Gasteiger partial charge in [0.1, 0.15) is 5.66 Å². The highest BCUT2D eigenvalue weighted by Gasteiger charge is 2.34. The normalized spacial score (nSPS) is 31.9. The largest absolute Gasteiger partial charge is 0.333 e. The molecule has 0 aromatic heterocycles. The van der Waals surface area contributed by atoms with Gasteiger partial charge in [-0.15, -0.1) is 0 Å². The van der Waals surface area contributed by atoms with Gasteiger partial charge in [0.25, 0.3) is 0 Å². The van der Waals surface area contributed by atoms with Crippen molar-refractivity contribution in [2.24, 2.45) is 11.1 Å². The summed E-state index contributed by atoms with van der Waals surface area (Å²) < 4.78 is 11.1. The van der Waals surface area contributed by atoms with Gasteiger partial charge in [0.2, 0.25) is 5.91 Å².